The number of sulfonamides is 1. The van der Waals surface area contributed by atoms with Crippen LogP contribution in [0.3, 0.4) is 0 Å². The van der Waals surface area contributed by atoms with Crippen LogP contribution >= 0.6 is 0 Å². The van der Waals surface area contributed by atoms with Gasteiger partial charge in [-0.3, -0.25) is 9.52 Å². The van der Waals surface area contributed by atoms with Crippen molar-refractivity contribution >= 4 is 38.1 Å². The van der Waals surface area contributed by atoms with Crippen molar-refractivity contribution in [1.82, 2.24) is 0 Å². The van der Waals surface area contributed by atoms with Crippen molar-refractivity contribution in [3.8, 4) is 0 Å². The van der Waals surface area contributed by atoms with E-state index < -0.39 is 15.9 Å². The second-order valence-electron chi connectivity index (χ2n) is 6.09. The van der Waals surface area contributed by atoms with E-state index in [1.54, 1.807) is 24.3 Å². The lowest BCUT2D eigenvalue weighted by atomic mass is 10.1. The van der Waals surface area contributed by atoms with Gasteiger partial charge in [0.15, 0.2) is 5.76 Å². The van der Waals surface area contributed by atoms with Crippen molar-refractivity contribution in [2.75, 3.05) is 10.0 Å². The lowest BCUT2D eigenvalue weighted by Crippen LogP contribution is -2.14. The van der Waals surface area contributed by atoms with E-state index in [2.05, 4.69) is 10.0 Å². The Kier molecular flexibility index (Phi) is 4.58. The van der Waals surface area contributed by atoms with Crippen LogP contribution in [-0.2, 0) is 10.0 Å². The van der Waals surface area contributed by atoms with E-state index in [1.807, 2.05) is 30.3 Å². The molecule has 7 heteroatoms. The molecule has 0 aliphatic carbocycles. The fourth-order valence-corrected chi connectivity index (χ4v) is 3.92. The van der Waals surface area contributed by atoms with Crippen LogP contribution < -0.4 is 10.0 Å². The number of carbonyl (C=O) groups excluding carboxylic acids is 1. The Morgan fingerprint density at radius 2 is 1.57 bits per heavy atom. The molecule has 1 heterocycles. The first-order chi connectivity index (χ1) is 13.5. The molecule has 0 aliphatic heterocycles. The molecule has 2 N–H and O–H groups in total. The Hall–Kier alpha value is -3.58. The average molecular weight is 392 g/mol. The maximum atomic E-state index is 12.8. The number of carbonyl (C=O) groups is 1. The molecular formula is C21H16N2O4S. The summed E-state index contributed by atoms with van der Waals surface area (Å²) < 4.78 is 33.2. The third kappa shape index (κ3) is 3.60. The molecule has 0 fully saturated rings. The molecule has 140 valence electrons. The van der Waals surface area contributed by atoms with Crippen LogP contribution in [0.4, 0.5) is 11.4 Å². The Labute approximate surface area is 161 Å². The smallest absolute Gasteiger partial charge is 0.291 e. The largest absolute Gasteiger partial charge is 0.459 e. The summed E-state index contributed by atoms with van der Waals surface area (Å²) in [4.78, 5) is 12.1. The SMILES string of the molecule is O=C(Nc1ccc(S(=O)(=O)Nc2cccc3ccccc23)cc1)c1ccco1. The van der Waals surface area contributed by atoms with Gasteiger partial charge in [0.1, 0.15) is 0 Å². The van der Waals surface area contributed by atoms with Crippen LogP contribution in [0, 0.1) is 0 Å². The maximum Gasteiger partial charge on any atom is 0.291 e. The summed E-state index contributed by atoms with van der Waals surface area (Å²) in [5.74, 6) is -0.233. The molecule has 0 bridgehead atoms. The van der Waals surface area contributed by atoms with Gasteiger partial charge in [-0.1, -0.05) is 36.4 Å². The van der Waals surface area contributed by atoms with Gasteiger partial charge in [-0.15, -0.1) is 0 Å². The van der Waals surface area contributed by atoms with E-state index in [1.165, 1.54) is 30.5 Å². The monoisotopic (exact) mass is 392 g/mol. The molecule has 0 aliphatic rings. The summed E-state index contributed by atoms with van der Waals surface area (Å²) in [6, 6.07) is 22.1. The van der Waals surface area contributed by atoms with Crippen molar-refractivity contribution < 1.29 is 17.6 Å². The number of fused-ring (bicyclic) bond motifs is 1. The second kappa shape index (κ2) is 7.21. The van der Waals surface area contributed by atoms with E-state index in [4.69, 9.17) is 4.42 Å². The predicted octanol–water partition coefficient (Wildman–Crippen LogP) is 4.49. The molecule has 6 nitrogen and oxygen atoms in total. The highest BCUT2D eigenvalue weighted by atomic mass is 32.2. The zero-order valence-electron chi connectivity index (χ0n) is 14.6. The van der Waals surface area contributed by atoms with Gasteiger partial charge in [0.2, 0.25) is 0 Å². The maximum absolute atomic E-state index is 12.8. The Balaban J connectivity index is 1.55. The van der Waals surface area contributed by atoms with Gasteiger partial charge in [-0.25, -0.2) is 8.42 Å². The Morgan fingerprint density at radius 3 is 2.32 bits per heavy atom. The normalized spacial score (nSPS) is 11.3. The van der Waals surface area contributed by atoms with Gasteiger partial charge in [0.25, 0.3) is 15.9 Å². The molecule has 28 heavy (non-hydrogen) atoms. The molecule has 4 rings (SSSR count). The van der Waals surface area contributed by atoms with Gasteiger partial charge < -0.3 is 9.73 Å². The number of anilines is 2. The summed E-state index contributed by atoms with van der Waals surface area (Å²) in [6.07, 6.45) is 1.41. The summed E-state index contributed by atoms with van der Waals surface area (Å²) in [5, 5.41) is 4.41. The number of furan rings is 1. The zero-order chi connectivity index (χ0) is 19.6. The van der Waals surface area contributed by atoms with Crippen LogP contribution in [0.25, 0.3) is 10.8 Å². The molecule has 0 spiro atoms. The lowest BCUT2D eigenvalue weighted by molar-refractivity contribution is 0.0996. The van der Waals surface area contributed by atoms with Gasteiger partial charge in [0, 0.05) is 11.1 Å². The van der Waals surface area contributed by atoms with Crippen molar-refractivity contribution in [1.29, 1.82) is 0 Å². The fraction of sp³-hybridized carbons (Fsp3) is 0. The summed E-state index contributed by atoms with van der Waals surface area (Å²) in [5.41, 5.74) is 0.971. The molecule has 1 aromatic heterocycles. The average Bonchev–Trinajstić information content (AvgIpc) is 3.24. The van der Waals surface area contributed by atoms with Crippen molar-refractivity contribution in [2.24, 2.45) is 0 Å². The molecule has 4 aromatic rings. The Bertz CT molecular complexity index is 1230. The van der Waals surface area contributed by atoms with Crippen LogP contribution in [0.15, 0.2) is 94.4 Å². The van der Waals surface area contributed by atoms with Crippen molar-refractivity contribution in [3.05, 3.63) is 90.9 Å². The third-order valence-corrected chi connectivity index (χ3v) is 5.58. The molecule has 0 saturated heterocycles. The Morgan fingerprint density at radius 1 is 0.821 bits per heavy atom. The molecular weight excluding hydrogens is 376 g/mol. The van der Waals surface area contributed by atoms with E-state index in [9.17, 15) is 13.2 Å². The molecule has 0 saturated carbocycles. The van der Waals surface area contributed by atoms with Crippen LogP contribution in [0.5, 0.6) is 0 Å². The first-order valence-corrected chi connectivity index (χ1v) is 9.97. The molecule has 0 radical (unpaired) electrons. The van der Waals surface area contributed by atoms with Gasteiger partial charge >= 0.3 is 0 Å². The molecule has 3 aromatic carbocycles. The summed E-state index contributed by atoms with van der Waals surface area (Å²) >= 11 is 0. The van der Waals surface area contributed by atoms with Gasteiger partial charge in [-0.2, -0.15) is 0 Å². The van der Waals surface area contributed by atoms with E-state index in [-0.39, 0.29) is 10.7 Å². The van der Waals surface area contributed by atoms with Crippen molar-refractivity contribution in [2.45, 2.75) is 4.90 Å². The van der Waals surface area contributed by atoms with Crippen LogP contribution in [0.2, 0.25) is 0 Å². The van der Waals surface area contributed by atoms with Gasteiger partial charge in [-0.05, 0) is 47.9 Å². The predicted molar refractivity (Wildman–Crippen MR) is 108 cm³/mol. The summed E-state index contributed by atoms with van der Waals surface area (Å²) in [6.45, 7) is 0. The van der Waals surface area contributed by atoms with Crippen molar-refractivity contribution in [3.63, 3.8) is 0 Å². The highest BCUT2D eigenvalue weighted by Crippen LogP contribution is 2.26. The zero-order valence-corrected chi connectivity index (χ0v) is 15.4. The second-order valence-corrected chi connectivity index (χ2v) is 7.77. The van der Waals surface area contributed by atoms with E-state index >= 15 is 0 Å². The topological polar surface area (TPSA) is 88.4 Å². The van der Waals surface area contributed by atoms with Gasteiger partial charge in [0.05, 0.1) is 16.8 Å². The molecule has 1 amide bonds. The number of hydrogen-bond donors (Lipinski definition) is 2. The number of rotatable bonds is 5. The minimum Gasteiger partial charge on any atom is -0.459 e. The first kappa shape index (κ1) is 17.8. The number of hydrogen-bond acceptors (Lipinski definition) is 4. The molecule has 0 unspecified atom stereocenters. The minimum absolute atomic E-state index is 0.0939. The first-order valence-electron chi connectivity index (χ1n) is 8.48. The highest BCUT2D eigenvalue weighted by Gasteiger charge is 2.16. The fourth-order valence-electron chi connectivity index (χ4n) is 2.84. The van der Waals surface area contributed by atoms with E-state index in [0.717, 1.165) is 10.8 Å². The van der Waals surface area contributed by atoms with E-state index in [0.29, 0.717) is 11.4 Å². The minimum atomic E-state index is -3.77. The number of amides is 1. The number of benzene rings is 3. The van der Waals surface area contributed by atoms with Crippen LogP contribution in [-0.4, -0.2) is 14.3 Å². The number of nitrogens with one attached hydrogen (secondary N) is 2. The summed E-state index contributed by atoms with van der Waals surface area (Å²) in [7, 11) is -3.77. The third-order valence-electron chi connectivity index (χ3n) is 4.20. The highest BCUT2D eigenvalue weighted by molar-refractivity contribution is 7.92. The molecule has 0 atom stereocenters. The quantitative estimate of drug-likeness (QED) is 0.524. The lowest BCUT2D eigenvalue weighted by Gasteiger charge is -2.11. The standard InChI is InChI=1S/C21H16N2O4S/c24-21(20-9-4-14-27-20)22-16-10-12-17(13-11-16)28(25,26)23-19-8-3-6-15-5-1-2-7-18(15)19/h1-14,23H,(H,22,24). The van der Waals surface area contributed by atoms with Crippen LogP contribution in [0.1, 0.15) is 10.6 Å².